The molecule has 1 saturated heterocycles. The largest absolute Gasteiger partial charge is 0.368 e. The highest BCUT2D eigenvalue weighted by atomic mass is 15.2. The molecule has 124 valence electrons. The molecular formula is C19H23N5. The van der Waals surface area contributed by atoms with Crippen molar-refractivity contribution in [3.8, 4) is 6.07 Å². The molecular weight excluding hydrogens is 298 g/mol. The molecule has 1 fully saturated rings. The molecule has 1 aliphatic rings. The van der Waals surface area contributed by atoms with Crippen molar-refractivity contribution in [3.63, 3.8) is 0 Å². The fourth-order valence-electron chi connectivity index (χ4n) is 3.32. The van der Waals surface area contributed by atoms with Crippen LogP contribution in [0.1, 0.15) is 36.9 Å². The molecule has 5 nitrogen and oxygen atoms in total. The van der Waals surface area contributed by atoms with Gasteiger partial charge in [-0.25, -0.2) is 9.97 Å². The number of anilines is 1. The van der Waals surface area contributed by atoms with Crippen molar-refractivity contribution in [2.45, 2.75) is 38.3 Å². The molecule has 2 aromatic rings. The van der Waals surface area contributed by atoms with Gasteiger partial charge in [-0.15, -0.1) is 0 Å². The van der Waals surface area contributed by atoms with Gasteiger partial charge in [-0.1, -0.05) is 36.8 Å². The fourth-order valence-corrected chi connectivity index (χ4v) is 3.32. The molecule has 0 spiro atoms. The van der Waals surface area contributed by atoms with Crippen LogP contribution in [-0.4, -0.2) is 34.0 Å². The average Bonchev–Trinajstić information content (AvgIpc) is 2.64. The van der Waals surface area contributed by atoms with Crippen LogP contribution >= 0.6 is 0 Å². The van der Waals surface area contributed by atoms with E-state index in [1.807, 2.05) is 0 Å². The molecule has 1 N–H and O–H groups in total. The van der Waals surface area contributed by atoms with Crippen LogP contribution in [0.5, 0.6) is 0 Å². The summed E-state index contributed by atoms with van der Waals surface area (Å²) < 4.78 is 0. The summed E-state index contributed by atoms with van der Waals surface area (Å²) in [5, 5.41) is 12.3. The summed E-state index contributed by atoms with van der Waals surface area (Å²) in [5.41, 5.74) is 1.74. The second-order valence-electron chi connectivity index (χ2n) is 6.19. The molecule has 1 aliphatic heterocycles. The van der Waals surface area contributed by atoms with Crippen LogP contribution in [0.4, 0.5) is 5.82 Å². The standard InChI is InChI=1S/C19H23N5/c20-14-18-19(23-12-11-21-18)22-10-9-17-8-4-5-13-24(17)15-16-6-2-1-3-7-16/h1-3,6-7,11-12,17H,4-5,8-10,13,15H2,(H,22,23). The van der Waals surface area contributed by atoms with E-state index in [1.54, 1.807) is 12.4 Å². The number of rotatable bonds is 6. The number of nitriles is 1. The van der Waals surface area contributed by atoms with Gasteiger partial charge in [-0.3, -0.25) is 4.90 Å². The number of piperidine rings is 1. The van der Waals surface area contributed by atoms with Crippen molar-refractivity contribution in [1.29, 1.82) is 5.26 Å². The lowest BCUT2D eigenvalue weighted by Gasteiger charge is -2.36. The van der Waals surface area contributed by atoms with Crippen molar-refractivity contribution in [1.82, 2.24) is 14.9 Å². The lowest BCUT2D eigenvalue weighted by atomic mass is 9.98. The van der Waals surface area contributed by atoms with E-state index in [-0.39, 0.29) is 0 Å². The van der Waals surface area contributed by atoms with E-state index in [9.17, 15) is 0 Å². The Morgan fingerprint density at radius 1 is 1.17 bits per heavy atom. The minimum Gasteiger partial charge on any atom is -0.368 e. The summed E-state index contributed by atoms with van der Waals surface area (Å²) in [5.74, 6) is 0.588. The van der Waals surface area contributed by atoms with Crippen molar-refractivity contribution in [2.75, 3.05) is 18.4 Å². The van der Waals surface area contributed by atoms with Gasteiger partial charge in [0.05, 0.1) is 0 Å². The Labute approximate surface area is 143 Å². The molecule has 24 heavy (non-hydrogen) atoms. The third-order valence-electron chi connectivity index (χ3n) is 4.55. The first kappa shape index (κ1) is 16.4. The summed E-state index contributed by atoms with van der Waals surface area (Å²) >= 11 is 0. The molecule has 1 unspecified atom stereocenters. The second kappa shape index (κ2) is 8.42. The summed E-state index contributed by atoms with van der Waals surface area (Å²) in [4.78, 5) is 10.8. The molecule has 0 bridgehead atoms. The van der Waals surface area contributed by atoms with Gasteiger partial charge in [0.2, 0.25) is 0 Å². The topological polar surface area (TPSA) is 64.8 Å². The van der Waals surface area contributed by atoms with Gasteiger partial charge in [0.25, 0.3) is 0 Å². The third-order valence-corrected chi connectivity index (χ3v) is 4.55. The first-order valence-corrected chi connectivity index (χ1v) is 8.60. The van der Waals surface area contributed by atoms with Crippen LogP contribution in [0.3, 0.4) is 0 Å². The molecule has 0 amide bonds. The van der Waals surface area contributed by atoms with E-state index in [4.69, 9.17) is 5.26 Å². The molecule has 1 aromatic heterocycles. The predicted molar refractivity (Wildman–Crippen MR) is 94.3 cm³/mol. The van der Waals surface area contributed by atoms with Crippen molar-refractivity contribution in [3.05, 3.63) is 54.0 Å². The summed E-state index contributed by atoms with van der Waals surface area (Å²) in [6.07, 6.45) is 8.02. The van der Waals surface area contributed by atoms with Gasteiger partial charge in [0.1, 0.15) is 6.07 Å². The zero-order chi connectivity index (χ0) is 16.6. The predicted octanol–water partition coefficient (Wildman–Crippen LogP) is 3.20. The zero-order valence-corrected chi connectivity index (χ0v) is 13.9. The van der Waals surface area contributed by atoms with Crippen molar-refractivity contribution >= 4 is 5.82 Å². The minimum absolute atomic E-state index is 0.363. The van der Waals surface area contributed by atoms with Crippen LogP contribution in [0.15, 0.2) is 42.7 Å². The van der Waals surface area contributed by atoms with Gasteiger partial charge in [0, 0.05) is 31.5 Å². The SMILES string of the molecule is N#Cc1nccnc1NCCC1CCCCN1Cc1ccccc1. The Hall–Kier alpha value is -2.45. The summed E-state index contributed by atoms with van der Waals surface area (Å²) in [6, 6.07) is 13.3. The van der Waals surface area contributed by atoms with Crippen molar-refractivity contribution < 1.29 is 0 Å². The Kier molecular flexibility index (Phi) is 5.75. The number of likely N-dealkylation sites (tertiary alicyclic amines) is 1. The fraction of sp³-hybridized carbons (Fsp3) is 0.421. The normalized spacial score (nSPS) is 18.0. The number of nitrogens with zero attached hydrogens (tertiary/aromatic N) is 4. The van der Waals surface area contributed by atoms with E-state index >= 15 is 0 Å². The highest BCUT2D eigenvalue weighted by Crippen LogP contribution is 2.22. The van der Waals surface area contributed by atoms with Gasteiger partial charge < -0.3 is 5.32 Å². The van der Waals surface area contributed by atoms with E-state index in [0.29, 0.717) is 17.6 Å². The molecule has 3 rings (SSSR count). The lowest BCUT2D eigenvalue weighted by molar-refractivity contribution is 0.135. The Morgan fingerprint density at radius 2 is 2.00 bits per heavy atom. The zero-order valence-electron chi connectivity index (χ0n) is 13.9. The van der Waals surface area contributed by atoms with Gasteiger partial charge >= 0.3 is 0 Å². The van der Waals surface area contributed by atoms with E-state index in [0.717, 1.165) is 26.1 Å². The highest BCUT2D eigenvalue weighted by Gasteiger charge is 2.22. The first-order valence-electron chi connectivity index (χ1n) is 8.60. The first-order chi connectivity index (χ1) is 11.9. The van der Waals surface area contributed by atoms with Crippen molar-refractivity contribution in [2.24, 2.45) is 0 Å². The molecule has 5 heteroatoms. The van der Waals surface area contributed by atoms with E-state index in [2.05, 4.69) is 56.6 Å². The lowest BCUT2D eigenvalue weighted by Crippen LogP contribution is -2.40. The molecule has 1 aromatic carbocycles. The maximum atomic E-state index is 9.07. The van der Waals surface area contributed by atoms with E-state index < -0.39 is 0 Å². The van der Waals surface area contributed by atoms with Crippen LogP contribution in [0.25, 0.3) is 0 Å². The van der Waals surface area contributed by atoms with Crippen LogP contribution in [0, 0.1) is 11.3 Å². The molecule has 2 heterocycles. The second-order valence-corrected chi connectivity index (χ2v) is 6.19. The number of nitrogens with one attached hydrogen (secondary N) is 1. The molecule has 0 saturated carbocycles. The van der Waals surface area contributed by atoms with Gasteiger partial charge in [-0.05, 0) is 31.4 Å². The van der Waals surface area contributed by atoms with Crippen LogP contribution in [-0.2, 0) is 6.54 Å². The Bertz CT molecular complexity index is 680. The summed E-state index contributed by atoms with van der Waals surface area (Å²) in [7, 11) is 0. The molecule has 1 atom stereocenters. The maximum absolute atomic E-state index is 9.07. The van der Waals surface area contributed by atoms with Crippen LogP contribution in [0.2, 0.25) is 0 Å². The van der Waals surface area contributed by atoms with Gasteiger partial charge in [-0.2, -0.15) is 5.26 Å². The Morgan fingerprint density at radius 3 is 2.83 bits per heavy atom. The number of aromatic nitrogens is 2. The monoisotopic (exact) mass is 321 g/mol. The quantitative estimate of drug-likeness (QED) is 0.885. The highest BCUT2D eigenvalue weighted by molar-refractivity contribution is 5.46. The molecule has 0 aliphatic carbocycles. The Balaban J connectivity index is 1.55. The molecule has 0 radical (unpaired) electrons. The maximum Gasteiger partial charge on any atom is 0.182 e. The minimum atomic E-state index is 0.363. The average molecular weight is 321 g/mol. The number of benzene rings is 1. The van der Waals surface area contributed by atoms with Crippen LogP contribution < -0.4 is 5.32 Å². The number of hydrogen-bond donors (Lipinski definition) is 1. The summed E-state index contributed by atoms with van der Waals surface area (Å²) in [6.45, 7) is 2.98. The smallest absolute Gasteiger partial charge is 0.182 e. The van der Waals surface area contributed by atoms with E-state index in [1.165, 1.54) is 24.8 Å². The third kappa shape index (κ3) is 4.30. The van der Waals surface area contributed by atoms with Gasteiger partial charge in [0.15, 0.2) is 11.5 Å². The number of hydrogen-bond acceptors (Lipinski definition) is 5.